The van der Waals surface area contributed by atoms with E-state index in [9.17, 15) is 4.79 Å². The first-order valence-electron chi connectivity index (χ1n) is 6.31. The molecule has 1 unspecified atom stereocenters. The maximum atomic E-state index is 12.2. The van der Waals surface area contributed by atoms with Crippen molar-refractivity contribution in [3.05, 3.63) is 16.5 Å². The summed E-state index contributed by atoms with van der Waals surface area (Å²) in [5.74, 6) is 0.459. The largest absolute Gasteiger partial charge is 0.317 e. The van der Waals surface area contributed by atoms with Gasteiger partial charge in [0.05, 0.1) is 0 Å². The number of hydrogen-bond acceptors (Lipinski definition) is 4. The summed E-state index contributed by atoms with van der Waals surface area (Å²) in [4.78, 5) is 19.9. The normalized spacial score (nSPS) is 24.2. The van der Waals surface area contributed by atoms with E-state index in [1.807, 2.05) is 0 Å². The van der Waals surface area contributed by atoms with Crippen LogP contribution in [-0.2, 0) is 4.79 Å². The van der Waals surface area contributed by atoms with Crippen molar-refractivity contribution >= 4 is 34.9 Å². The van der Waals surface area contributed by atoms with Gasteiger partial charge in [-0.05, 0) is 49.4 Å². The van der Waals surface area contributed by atoms with Crippen LogP contribution in [0.3, 0.4) is 0 Å². The Morgan fingerprint density at radius 1 is 1.37 bits per heavy atom. The summed E-state index contributed by atoms with van der Waals surface area (Å²) in [5.41, 5.74) is 0.204. The van der Waals surface area contributed by atoms with E-state index >= 15 is 0 Å². The Morgan fingerprint density at radius 3 is 2.79 bits per heavy atom. The number of rotatable bonds is 2. The van der Waals surface area contributed by atoms with Crippen molar-refractivity contribution in [3.8, 4) is 0 Å². The van der Waals surface area contributed by atoms with Gasteiger partial charge in [-0.25, -0.2) is 9.97 Å². The van der Waals surface area contributed by atoms with Crippen LogP contribution in [-0.4, -0.2) is 29.0 Å². The zero-order valence-corrected chi connectivity index (χ0v) is 11.8. The fraction of sp³-hybridized carbons (Fsp3) is 0.583. The molecule has 0 aromatic carbocycles. The number of amides is 1. The van der Waals surface area contributed by atoms with E-state index < -0.39 is 0 Å². The number of aromatic nitrogens is 2. The van der Waals surface area contributed by atoms with E-state index in [1.165, 1.54) is 6.07 Å². The summed E-state index contributed by atoms with van der Waals surface area (Å²) in [5, 5.41) is 6.36. The average molecular weight is 301 g/mol. The predicted octanol–water partition coefficient (Wildman–Crippen LogP) is 2.11. The molecule has 3 rings (SSSR count). The molecule has 102 valence electrons. The highest BCUT2D eigenvalue weighted by Crippen LogP contribution is 2.58. The summed E-state index contributed by atoms with van der Waals surface area (Å²) >= 11 is 11.5. The number of hydrogen-bond donors (Lipinski definition) is 2. The van der Waals surface area contributed by atoms with E-state index in [2.05, 4.69) is 20.6 Å². The maximum Gasteiger partial charge on any atom is 0.229 e. The minimum absolute atomic E-state index is 0.00716. The molecule has 2 fully saturated rings. The highest BCUT2D eigenvalue weighted by molar-refractivity contribution is 6.32. The second-order valence-electron chi connectivity index (χ2n) is 5.20. The first-order valence-corrected chi connectivity index (χ1v) is 7.06. The Hall–Kier alpha value is -0.910. The van der Waals surface area contributed by atoms with Gasteiger partial charge in [-0.1, -0.05) is 11.6 Å². The Bertz CT molecular complexity index is 496. The molecule has 5 nitrogen and oxygen atoms in total. The summed E-state index contributed by atoms with van der Waals surface area (Å²) < 4.78 is 0. The first kappa shape index (κ1) is 13.1. The van der Waals surface area contributed by atoms with Crippen molar-refractivity contribution in [3.63, 3.8) is 0 Å². The van der Waals surface area contributed by atoms with E-state index in [0.29, 0.717) is 5.82 Å². The van der Waals surface area contributed by atoms with Gasteiger partial charge in [0.2, 0.25) is 11.2 Å². The van der Waals surface area contributed by atoms with Gasteiger partial charge >= 0.3 is 0 Å². The quantitative estimate of drug-likeness (QED) is 0.648. The van der Waals surface area contributed by atoms with E-state index in [0.717, 1.165) is 32.4 Å². The van der Waals surface area contributed by atoms with Crippen molar-refractivity contribution in [2.45, 2.75) is 19.3 Å². The van der Waals surface area contributed by atoms with Gasteiger partial charge in [0.1, 0.15) is 11.0 Å². The summed E-state index contributed by atoms with van der Waals surface area (Å²) in [6.07, 6.45) is 3.10. The number of piperidine rings is 1. The Labute approximate surface area is 121 Å². The smallest absolute Gasteiger partial charge is 0.229 e. The van der Waals surface area contributed by atoms with E-state index in [1.54, 1.807) is 0 Å². The third-order valence-electron chi connectivity index (χ3n) is 4.02. The number of carbonyl (C=O) groups is 1. The van der Waals surface area contributed by atoms with E-state index in [-0.39, 0.29) is 27.7 Å². The standard InChI is InChI=1S/C12H14Cl2N4O/c13-8-5-9(18-11(14)16-8)17-10(19)7-6-12(7)1-3-15-4-2-12/h5,7,15H,1-4,6H2,(H,16,17,18,19). The van der Waals surface area contributed by atoms with Gasteiger partial charge in [0, 0.05) is 12.0 Å². The third kappa shape index (κ3) is 2.68. The summed E-state index contributed by atoms with van der Waals surface area (Å²) in [6.45, 7) is 1.99. The summed E-state index contributed by atoms with van der Waals surface area (Å²) in [6, 6.07) is 1.50. The SMILES string of the molecule is O=C(Nc1cc(Cl)nc(Cl)n1)C1CC12CCNCC2. The molecule has 0 radical (unpaired) electrons. The first-order chi connectivity index (χ1) is 9.09. The van der Waals surface area contributed by atoms with Crippen LogP contribution >= 0.6 is 23.2 Å². The lowest BCUT2D eigenvalue weighted by Gasteiger charge is -2.23. The number of nitrogens with zero attached hydrogens (tertiary/aromatic N) is 2. The minimum Gasteiger partial charge on any atom is -0.317 e. The maximum absolute atomic E-state index is 12.2. The molecular weight excluding hydrogens is 287 g/mol. The highest BCUT2D eigenvalue weighted by Gasteiger charge is 2.57. The molecule has 1 aromatic heterocycles. The van der Waals surface area contributed by atoms with Gasteiger partial charge in [-0.3, -0.25) is 4.79 Å². The van der Waals surface area contributed by atoms with Crippen molar-refractivity contribution in [2.24, 2.45) is 11.3 Å². The predicted molar refractivity (Wildman–Crippen MR) is 73.3 cm³/mol. The van der Waals surface area contributed by atoms with Gasteiger partial charge < -0.3 is 10.6 Å². The Morgan fingerprint density at radius 2 is 2.11 bits per heavy atom. The molecular formula is C12H14Cl2N4O. The van der Waals surface area contributed by atoms with Crippen molar-refractivity contribution in [1.82, 2.24) is 15.3 Å². The molecule has 1 atom stereocenters. The molecule has 2 N–H and O–H groups in total. The Kier molecular flexibility index (Phi) is 3.37. The highest BCUT2D eigenvalue weighted by atomic mass is 35.5. The zero-order chi connectivity index (χ0) is 13.5. The van der Waals surface area contributed by atoms with Crippen LogP contribution in [0.1, 0.15) is 19.3 Å². The monoisotopic (exact) mass is 300 g/mol. The molecule has 19 heavy (non-hydrogen) atoms. The van der Waals surface area contributed by atoms with Crippen LogP contribution in [0.4, 0.5) is 5.82 Å². The van der Waals surface area contributed by atoms with Gasteiger partial charge in [-0.15, -0.1) is 0 Å². The number of carbonyl (C=O) groups excluding carboxylic acids is 1. The lowest BCUT2D eigenvalue weighted by atomic mass is 9.92. The second-order valence-corrected chi connectivity index (χ2v) is 5.93. The third-order valence-corrected chi connectivity index (χ3v) is 4.39. The number of nitrogens with one attached hydrogen (secondary N) is 2. The van der Waals surface area contributed by atoms with Crippen LogP contribution < -0.4 is 10.6 Å². The molecule has 1 aromatic rings. The van der Waals surface area contributed by atoms with Crippen molar-refractivity contribution in [2.75, 3.05) is 18.4 Å². The molecule has 2 heterocycles. The molecule has 1 aliphatic carbocycles. The van der Waals surface area contributed by atoms with Crippen molar-refractivity contribution < 1.29 is 4.79 Å². The van der Waals surface area contributed by atoms with E-state index in [4.69, 9.17) is 23.2 Å². The molecule has 1 saturated heterocycles. The number of halogens is 2. The Balaban J connectivity index is 1.66. The van der Waals surface area contributed by atoms with Crippen molar-refractivity contribution in [1.29, 1.82) is 0 Å². The molecule has 1 spiro atoms. The second kappa shape index (κ2) is 4.89. The van der Waals surface area contributed by atoms with Gasteiger partial charge in [0.25, 0.3) is 0 Å². The zero-order valence-electron chi connectivity index (χ0n) is 10.2. The molecule has 7 heteroatoms. The van der Waals surface area contributed by atoms with Gasteiger partial charge in [0.15, 0.2) is 0 Å². The van der Waals surface area contributed by atoms with Crippen LogP contribution in [0.2, 0.25) is 10.4 Å². The molecule has 1 aliphatic heterocycles. The molecule has 1 saturated carbocycles. The lowest BCUT2D eigenvalue weighted by Crippen LogP contribution is -2.31. The fourth-order valence-corrected chi connectivity index (χ4v) is 3.27. The van der Waals surface area contributed by atoms with Gasteiger partial charge in [-0.2, -0.15) is 0 Å². The van der Waals surface area contributed by atoms with Crippen LogP contribution in [0.25, 0.3) is 0 Å². The molecule has 2 aliphatic rings. The molecule has 1 amide bonds. The van der Waals surface area contributed by atoms with Crippen LogP contribution in [0.5, 0.6) is 0 Å². The van der Waals surface area contributed by atoms with Crippen LogP contribution in [0, 0.1) is 11.3 Å². The lowest BCUT2D eigenvalue weighted by molar-refractivity contribution is -0.118. The average Bonchev–Trinajstić information content (AvgIpc) is 3.02. The topological polar surface area (TPSA) is 66.9 Å². The fourth-order valence-electron chi connectivity index (χ4n) is 2.86. The minimum atomic E-state index is 0.00716. The summed E-state index contributed by atoms with van der Waals surface area (Å²) in [7, 11) is 0. The van der Waals surface area contributed by atoms with Crippen LogP contribution in [0.15, 0.2) is 6.07 Å². The number of anilines is 1. The molecule has 0 bridgehead atoms.